The molecular formula is C11H24O4. The van der Waals surface area contributed by atoms with Gasteiger partial charge in [0.25, 0.3) is 0 Å². The lowest BCUT2D eigenvalue weighted by molar-refractivity contribution is -0.0488. The van der Waals surface area contributed by atoms with Crippen molar-refractivity contribution < 1.29 is 19.3 Å². The highest BCUT2D eigenvalue weighted by molar-refractivity contribution is 4.53. The summed E-state index contributed by atoms with van der Waals surface area (Å²) in [6, 6.07) is 0. The van der Waals surface area contributed by atoms with Crippen molar-refractivity contribution in [3.8, 4) is 0 Å². The molecule has 0 aromatic carbocycles. The van der Waals surface area contributed by atoms with Gasteiger partial charge in [-0.05, 0) is 20.3 Å². The zero-order valence-electron chi connectivity index (χ0n) is 10.1. The number of hydrogen-bond acceptors (Lipinski definition) is 4. The molecule has 0 bridgehead atoms. The van der Waals surface area contributed by atoms with Gasteiger partial charge in [-0.15, -0.1) is 0 Å². The van der Waals surface area contributed by atoms with Gasteiger partial charge in [-0.25, -0.2) is 0 Å². The molecule has 0 saturated carbocycles. The van der Waals surface area contributed by atoms with Gasteiger partial charge in [0.2, 0.25) is 0 Å². The third-order valence-corrected chi connectivity index (χ3v) is 1.97. The highest BCUT2D eigenvalue weighted by Gasteiger charge is 2.06. The second-order valence-corrected chi connectivity index (χ2v) is 3.48. The predicted molar refractivity (Wildman–Crippen MR) is 59.0 cm³/mol. The highest BCUT2D eigenvalue weighted by atomic mass is 16.5. The summed E-state index contributed by atoms with van der Waals surface area (Å²) in [5.74, 6) is 0. The van der Waals surface area contributed by atoms with Crippen LogP contribution >= 0.6 is 0 Å². The van der Waals surface area contributed by atoms with Gasteiger partial charge >= 0.3 is 0 Å². The summed E-state index contributed by atoms with van der Waals surface area (Å²) in [5.41, 5.74) is 0. The Kier molecular flexibility index (Phi) is 10.3. The first-order valence-corrected chi connectivity index (χ1v) is 5.65. The molecule has 0 radical (unpaired) electrons. The minimum Gasteiger partial charge on any atom is -0.391 e. The number of aliphatic hydroxyl groups excluding tert-OH is 1. The molecule has 0 aliphatic heterocycles. The number of hydrogen-bond donors (Lipinski definition) is 1. The third-order valence-electron chi connectivity index (χ3n) is 1.97. The summed E-state index contributed by atoms with van der Waals surface area (Å²) in [6.45, 7) is 8.69. The van der Waals surface area contributed by atoms with Crippen LogP contribution in [-0.2, 0) is 14.2 Å². The second-order valence-electron chi connectivity index (χ2n) is 3.48. The summed E-state index contributed by atoms with van der Waals surface area (Å²) in [5, 5.41) is 9.26. The predicted octanol–water partition coefficient (Wildman–Crippen LogP) is 1.22. The molecule has 15 heavy (non-hydrogen) atoms. The molecule has 0 spiro atoms. The van der Waals surface area contributed by atoms with Crippen molar-refractivity contribution in [1.29, 1.82) is 0 Å². The maximum atomic E-state index is 9.26. The van der Waals surface area contributed by atoms with Crippen molar-refractivity contribution in [3.63, 3.8) is 0 Å². The quantitative estimate of drug-likeness (QED) is 0.562. The van der Waals surface area contributed by atoms with Crippen molar-refractivity contribution in [2.45, 2.75) is 39.4 Å². The largest absolute Gasteiger partial charge is 0.391 e. The Morgan fingerprint density at radius 1 is 1.07 bits per heavy atom. The molecule has 4 nitrogen and oxygen atoms in total. The van der Waals surface area contributed by atoms with Gasteiger partial charge in [0.1, 0.15) is 0 Å². The molecule has 2 atom stereocenters. The van der Waals surface area contributed by atoms with E-state index in [1.165, 1.54) is 0 Å². The van der Waals surface area contributed by atoms with Crippen LogP contribution in [0.15, 0.2) is 0 Å². The topological polar surface area (TPSA) is 47.9 Å². The summed E-state index contributed by atoms with van der Waals surface area (Å²) in [4.78, 5) is 0. The molecule has 0 heterocycles. The molecular weight excluding hydrogens is 196 g/mol. The molecule has 4 heteroatoms. The highest BCUT2D eigenvalue weighted by Crippen LogP contribution is 1.97. The van der Waals surface area contributed by atoms with Crippen LogP contribution in [0.2, 0.25) is 0 Å². The average molecular weight is 220 g/mol. The fourth-order valence-electron chi connectivity index (χ4n) is 0.953. The molecule has 0 aliphatic carbocycles. The Bertz CT molecular complexity index is 130. The molecule has 2 unspecified atom stereocenters. The monoisotopic (exact) mass is 220 g/mol. The fraction of sp³-hybridized carbons (Fsp3) is 1.00. The zero-order valence-corrected chi connectivity index (χ0v) is 10.1. The zero-order chi connectivity index (χ0) is 11.5. The van der Waals surface area contributed by atoms with Crippen LogP contribution in [0, 0.1) is 0 Å². The van der Waals surface area contributed by atoms with Crippen molar-refractivity contribution in [1.82, 2.24) is 0 Å². The van der Waals surface area contributed by atoms with Crippen LogP contribution in [-0.4, -0.2) is 50.3 Å². The van der Waals surface area contributed by atoms with Crippen molar-refractivity contribution in [2.75, 3.05) is 33.0 Å². The molecule has 0 amide bonds. The maximum absolute atomic E-state index is 9.26. The summed E-state index contributed by atoms with van der Waals surface area (Å²) >= 11 is 0. The van der Waals surface area contributed by atoms with Gasteiger partial charge in [0.15, 0.2) is 0 Å². The number of aliphatic hydroxyl groups is 1. The van der Waals surface area contributed by atoms with E-state index in [1.54, 1.807) is 0 Å². The summed E-state index contributed by atoms with van der Waals surface area (Å²) in [6.07, 6.45) is 0.376. The Labute approximate surface area is 92.5 Å². The van der Waals surface area contributed by atoms with Crippen LogP contribution in [0.3, 0.4) is 0 Å². The standard InChI is InChI=1S/C11H24O4/c1-4-11(12)9-15-10(3)8-14-7-6-13-5-2/h10-12H,4-9H2,1-3H3. The molecule has 0 saturated heterocycles. The van der Waals surface area contributed by atoms with Crippen LogP contribution in [0.5, 0.6) is 0 Å². The van der Waals surface area contributed by atoms with E-state index in [2.05, 4.69) is 0 Å². The van der Waals surface area contributed by atoms with E-state index in [0.29, 0.717) is 26.4 Å². The van der Waals surface area contributed by atoms with E-state index in [-0.39, 0.29) is 12.2 Å². The maximum Gasteiger partial charge on any atom is 0.0781 e. The molecule has 1 N–H and O–H groups in total. The van der Waals surface area contributed by atoms with Crippen LogP contribution in [0.25, 0.3) is 0 Å². The summed E-state index contributed by atoms with van der Waals surface area (Å²) in [7, 11) is 0. The smallest absolute Gasteiger partial charge is 0.0781 e. The Morgan fingerprint density at radius 2 is 1.73 bits per heavy atom. The lowest BCUT2D eigenvalue weighted by Crippen LogP contribution is -2.23. The normalized spacial score (nSPS) is 15.2. The van der Waals surface area contributed by atoms with Gasteiger partial charge < -0.3 is 19.3 Å². The molecule has 0 aromatic rings. The average Bonchev–Trinajstić information content (AvgIpc) is 2.25. The lowest BCUT2D eigenvalue weighted by atomic mass is 10.3. The van der Waals surface area contributed by atoms with E-state index in [1.807, 2.05) is 20.8 Å². The van der Waals surface area contributed by atoms with Crippen LogP contribution in [0.1, 0.15) is 27.2 Å². The molecule has 0 aromatic heterocycles. The van der Waals surface area contributed by atoms with E-state index < -0.39 is 0 Å². The minimum absolute atomic E-state index is 0.0211. The lowest BCUT2D eigenvalue weighted by Gasteiger charge is -2.15. The molecule has 0 fully saturated rings. The second kappa shape index (κ2) is 10.4. The number of ether oxygens (including phenoxy) is 3. The molecule has 92 valence electrons. The van der Waals surface area contributed by atoms with Crippen LogP contribution < -0.4 is 0 Å². The number of rotatable bonds is 10. The first-order valence-electron chi connectivity index (χ1n) is 5.65. The first-order chi connectivity index (χ1) is 7.20. The van der Waals surface area contributed by atoms with E-state index in [0.717, 1.165) is 13.0 Å². The third kappa shape index (κ3) is 10.1. The SMILES string of the molecule is CCOCCOCC(C)OCC(O)CC. The molecule has 0 aliphatic rings. The Balaban J connectivity index is 3.21. The van der Waals surface area contributed by atoms with Crippen molar-refractivity contribution in [3.05, 3.63) is 0 Å². The van der Waals surface area contributed by atoms with E-state index in [9.17, 15) is 5.11 Å². The van der Waals surface area contributed by atoms with Gasteiger partial charge in [-0.1, -0.05) is 6.92 Å². The Morgan fingerprint density at radius 3 is 2.33 bits per heavy atom. The summed E-state index contributed by atoms with van der Waals surface area (Å²) < 4.78 is 15.8. The fourth-order valence-corrected chi connectivity index (χ4v) is 0.953. The minimum atomic E-state index is -0.365. The van der Waals surface area contributed by atoms with Crippen molar-refractivity contribution in [2.24, 2.45) is 0 Å². The molecule has 0 rings (SSSR count). The van der Waals surface area contributed by atoms with Gasteiger partial charge in [0.05, 0.1) is 38.6 Å². The van der Waals surface area contributed by atoms with Gasteiger partial charge in [-0.3, -0.25) is 0 Å². The van der Waals surface area contributed by atoms with Gasteiger partial charge in [0, 0.05) is 6.61 Å². The van der Waals surface area contributed by atoms with Crippen LogP contribution in [0.4, 0.5) is 0 Å². The Hall–Kier alpha value is -0.160. The van der Waals surface area contributed by atoms with E-state index >= 15 is 0 Å². The van der Waals surface area contributed by atoms with E-state index in [4.69, 9.17) is 14.2 Å². The van der Waals surface area contributed by atoms with Crippen molar-refractivity contribution >= 4 is 0 Å². The van der Waals surface area contributed by atoms with Gasteiger partial charge in [-0.2, -0.15) is 0 Å². The first kappa shape index (κ1) is 14.8.